The van der Waals surface area contributed by atoms with Crippen LogP contribution in [0.1, 0.15) is 23.1 Å². The van der Waals surface area contributed by atoms with Crippen molar-refractivity contribution in [1.29, 1.82) is 0 Å². The second-order valence-corrected chi connectivity index (χ2v) is 7.63. The van der Waals surface area contributed by atoms with Crippen molar-refractivity contribution in [3.63, 3.8) is 0 Å². The van der Waals surface area contributed by atoms with Gasteiger partial charge in [-0.25, -0.2) is 0 Å². The van der Waals surface area contributed by atoms with Crippen molar-refractivity contribution in [3.8, 4) is 0 Å². The number of hydrogen-bond donors (Lipinski definition) is 2. The summed E-state index contributed by atoms with van der Waals surface area (Å²) in [7, 11) is 0. The fourth-order valence-corrected chi connectivity index (χ4v) is 3.47. The highest BCUT2D eigenvalue weighted by Gasteiger charge is 2.31. The maximum Gasteiger partial charge on any atom is 0.237 e. The molecule has 2 amide bonds. The van der Waals surface area contributed by atoms with Crippen LogP contribution in [0.5, 0.6) is 0 Å². The van der Waals surface area contributed by atoms with Crippen LogP contribution in [-0.2, 0) is 22.6 Å². The Morgan fingerprint density at radius 2 is 1.82 bits per heavy atom. The minimum atomic E-state index is -0.439. The van der Waals surface area contributed by atoms with Gasteiger partial charge in [0, 0.05) is 31.2 Å². The number of nitrogens with one attached hydrogen (secondary N) is 2. The van der Waals surface area contributed by atoms with Gasteiger partial charge in [0.2, 0.25) is 11.8 Å². The van der Waals surface area contributed by atoms with Gasteiger partial charge in [0.15, 0.2) is 0 Å². The molecular formula is C22H26ClN3O2. The molecule has 0 aromatic heterocycles. The normalized spacial score (nSPS) is 17.2. The monoisotopic (exact) mass is 399 g/mol. The first kappa shape index (κ1) is 20.4. The van der Waals surface area contributed by atoms with Gasteiger partial charge in [-0.3, -0.25) is 14.5 Å². The van der Waals surface area contributed by atoms with Crippen LogP contribution in [0.15, 0.2) is 48.5 Å². The second kappa shape index (κ2) is 9.71. The van der Waals surface area contributed by atoms with Gasteiger partial charge < -0.3 is 10.6 Å². The van der Waals surface area contributed by atoms with Crippen LogP contribution in [0.25, 0.3) is 0 Å². The molecule has 2 aromatic rings. The summed E-state index contributed by atoms with van der Waals surface area (Å²) in [4.78, 5) is 26.9. The minimum Gasteiger partial charge on any atom is -0.356 e. The quantitative estimate of drug-likeness (QED) is 0.752. The van der Waals surface area contributed by atoms with Gasteiger partial charge in [0.1, 0.15) is 0 Å². The molecule has 0 unspecified atom stereocenters. The van der Waals surface area contributed by atoms with Crippen molar-refractivity contribution in [2.24, 2.45) is 0 Å². The number of carbonyl (C=O) groups is 2. The van der Waals surface area contributed by atoms with Gasteiger partial charge >= 0.3 is 0 Å². The predicted molar refractivity (Wildman–Crippen MR) is 111 cm³/mol. The SMILES string of the molecule is Cc1ccc(CN2CCNC(=O)[C@H]2CC(=O)NCCc2ccc(Cl)cc2)cc1. The molecule has 0 saturated carbocycles. The van der Waals surface area contributed by atoms with Gasteiger partial charge in [0.25, 0.3) is 0 Å². The molecule has 1 heterocycles. The molecule has 5 nitrogen and oxygen atoms in total. The third-order valence-electron chi connectivity index (χ3n) is 4.98. The van der Waals surface area contributed by atoms with Crippen LogP contribution in [0, 0.1) is 6.92 Å². The second-order valence-electron chi connectivity index (χ2n) is 7.19. The molecule has 1 aliphatic rings. The molecule has 28 heavy (non-hydrogen) atoms. The van der Waals surface area contributed by atoms with E-state index in [0.29, 0.717) is 24.7 Å². The van der Waals surface area contributed by atoms with Crippen molar-refractivity contribution in [1.82, 2.24) is 15.5 Å². The van der Waals surface area contributed by atoms with E-state index in [1.807, 2.05) is 24.3 Å². The van der Waals surface area contributed by atoms with Gasteiger partial charge in [-0.2, -0.15) is 0 Å². The van der Waals surface area contributed by atoms with Crippen LogP contribution >= 0.6 is 11.6 Å². The molecule has 1 fully saturated rings. The van der Waals surface area contributed by atoms with E-state index in [4.69, 9.17) is 11.6 Å². The lowest BCUT2D eigenvalue weighted by Crippen LogP contribution is -2.56. The number of amides is 2. The fraction of sp³-hybridized carbons (Fsp3) is 0.364. The van der Waals surface area contributed by atoms with Crippen molar-refractivity contribution < 1.29 is 9.59 Å². The Morgan fingerprint density at radius 3 is 2.54 bits per heavy atom. The third-order valence-corrected chi connectivity index (χ3v) is 5.23. The Bertz CT molecular complexity index is 806. The average Bonchev–Trinajstić information content (AvgIpc) is 2.68. The maximum absolute atomic E-state index is 12.4. The average molecular weight is 400 g/mol. The third kappa shape index (κ3) is 5.81. The van der Waals surface area contributed by atoms with Crippen LogP contribution in [0.4, 0.5) is 0 Å². The van der Waals surface area contributed by atoms with E-state index in [0.717, 1.165) is 24.1 Å². The Labute approximate surface area is 171 Å². The smallest absolute Gasteiger partial charge is 0.237 e. The zero-order valence-corrected chi connectivity index (χ0v) is 16.8. The first-order valence-electron chi connectivity index (χ1n) is 9.60. The van der Waals surface area contributed by atoms with Crippen molar-refractivity contribution in [3.05, 3.63) is 70.2 Å². The Kier molecular flexibility index (Phi) is 7.06. The number of hydrogen-bond acceptors (Lipinski definition) is 3. The van der Waals surface area contributed by atoms with E-state index in [1.165, 1.54) is 5.56 Å². The Hall–Kier alpha value is -2.37. The standard InChI is InChI=1S/C22H26ClN3O2/c1-16-2-4-18(5-3-16)15-26-13-12-25-22(28)20(26)14-21(27)24-11-10-17-6-8-19(23)9-7-17/h2-9,20H,10-15H2,1H3,(H,24,27)(H,25,28)/t20-/m1/s1. The Morgan fingerprint density at radius 1 is 1.14 bits per heavy atom. The molecule has 3 rings (SSSR count). The molecule has 2 N–H and O–H groups in total. The zero-order valence-electron chi connectivity index (χ0n) is 16.1. The number of carbonyl (C=O) groups excluding carboxylic acids is 2. The molecule has 0 bridgehead atoms. The highest BCUT2D eigenvalue weighted by molar-refractivity contribution is 6.30. The summed E-state index contributed by atoms with van der Waals surface area (Å²) in [6, 6.07) is 15.4. The molecule has 0 radical (unpaired) electrons. The van der Waals surface area contributed by atoms with Crippen molar-refractivity contribution in [2.75, 3.05) is 19.6 Å². The van der Waals surface area contributed by atoms with Crippen LogP contribution in [-0.4, -0.2) is 42.4 Å². The summed E-state index contributed by atoms with van der Waals surface area (Å²) in [5, 5.41) is 6.50. The lowest BCUT2D eigenvalue weighted by atomic mass is 10.1. The fourth-order valence-electron chi connectivity index (χ4n) is 3.35. The molecule has 1 aliphatic heterocycles. The summed E-state index contributed by atoms with van der Waals surface area (Å²) in [5.41, 5.74) is 3.46. The van der Waals surface area contributed by atoms with E-state index in [-0.39, 0.29) is 18.2 Å². The van der Waals surface area contributed by atoms with Crippen molar-refractivity contribution in [2.45, 2.75) is 32.4 Å². The first-order valence-corrected chi connectivity index (χ1v) is 9.97. The predicted octanol–water partition coefficient (Wildman–Crippen LogP) is 2.70. The van der Waals surface area contributed by atoms with E-state index in [2.05, 4.69) is 46.7 Å². The van der Waals surface area contributed by atoms with Gasteiger partial charge in [-0.05, 0) is 36.6 Å². The van der Waals surface area contributed by atoms with Crippen molar-refractivity contribution >= 4 is 23.4 Å². The highest BCUT2D eigenvalue weighted by Crippen LogP contribution is 2.15. The summed E-state index contributed by atoms with van der Waals surface area (Å²) in [6.07, 6.45) is 0.894. The lowest BCUT2D eigenvalue weighted by molar-refractivity contribution is -0.134. The number of piperazine rings is 1. The lowest BCUT2D eigenvalue weighted by Gasteiger charge is -2.34. The molecule has 6 heteroatoms. The maximum atomic E-state index is 12.4. The summed E-state index contributed by atoms with van der Waals surface area (Å²) >= 11 is 5.89. The van der Waals surface area contributed by atoms with Crippen LogP contribution in [0.3, 0.4) is 0 Å². The molecular weight excluding hydrogens is 374 g/mol. The molecule has 1 saturated heterocycles. The number of rotatable bonds is 7. The minimum absolute atomic E-state index is 0.0776. The van der Waals surface area contributed by atoms with E-state index < -0.39 is 6.04 Å². The molecule has 0 spiro atoms. The zero-order chi connectivity index (χ0) is 19.9. The highest BCUT2D eigenvalue weighted by atomic mass is 35.5. The van der Waals surface area contributed by atoms with Crippen LogP contribution < -0.4 is 10.6 Å². The Balaban J connectivity index is 1.52. The number of benzene rings is 2. The summed E-state index contributed by atoms with van der Waals surface area (Å²) in [5.74, 6) is -0.184. The van der Waals surface area contributed by atoms with E-state index in [1.54, 1.807) is 0 Å². The van der Waals surface area contributed by atoms with Gasteiger partial charge in [0.05, 0.1) is 12.5 Å². The summed E-state index contributed by atoms with van der Waals surface area (Å²) in [6.45, 7) is 4.60. The topological polar surface area (TPSA) is 61.4 Å². The number of nitrogens with zero attached hydrogens (tertiary/aromatic N) is 1. The first-order chi connectivity index (χ1) is 13.5. The number of halogens is 1. The largest absolute Gasteiger partial charge is 0.356 e. The molecule has 0 aliphatic carbocycles. The van der Waals surface area contributed by atoms with E-state index in [9.17, 15) is 9.59 Å². The molecule has 148 valence electrons. The number of aryl methyl sites for hydroxylation is 1. The van der Waals surface area contributed by atoms with E-state index >= 15 is 0 Å². The molecule has 2 aromatic carbocycles. The van der Waals surface area contributed by atoms with Gasteiger partial charge in [-0.15, -0.1) is 0 Å². The van der Waals surface area contributed by atoms with Crippen LogP contribution in [0.2, 0.25) is 5.02 Å². The molecule has 1 atom stereocenters. The summed E-state index contributed by atoms with van der Waals surface area (Å²) < 4.78 is 0. The van der Waals surface area contributed by atoms with Gasteiger partial charge in [-0.1, -0.05) is 53.6 Å².